The zero-order chi connectivity index (χ0) is 31.4. The third kappa shape index (κ3) is 7.45. The highest BCUT2D eigenvalue weighted by Gasteiger charge is 2.33. The summed E-state index contributed by atoms with van der Waals surface area (Å²) in [5, 5.41) is 13.1. The Morgan fingerprint density at radius 2 is 1.84 bits per heavy atom. The quantitative estimate of drug-likeness (QED) is 0.460. The summed E-state index contributed by atoms with van der Waals surface area (Å²) in [5.41, 5.74) is 2.72. The van der Waals surface area contributed by atoms with Gasteiger partial charge < -0.3 is 20.0 Å². The second-order valence-corrected chi connectivity index (χ2v) is 14.8. The van der Waals surface area contributed by atoms with Crippen LogP contribution >= 0.6 is 11.6 Å². The van der Waals surface area contributed by atoms with Crippen molar-refractivity contribution in [3.8, 4) is 6.07 Å². The van der Waals surface area contributed by atoms with Gasteiger partial charge in [-0.2, -0.15) is 5.26 Å². The Kier molecular flexibility index (Phi) is 10.3. The summed E-state index contributed by atoms with van der Waals surface area (Å²) in [4.78, 5) is 29.1. The Labute approximate surface area is 266 Å². The van der Waals surface area contributed by atoms with Gasteiger partial charge in [0, 0.05) is 63.1 Å². The lowest BCUT2D eigenvalue weighted by molar-refractivity contribution is 0.0542. The van der Waals surface area contributed by atoms with Gasteiger partial charge in [0.2, 0.25) is 10.0 Å². The standard InChI is InChI=1S/C31H43ClN8O3S/c1-22-29(31(41)39-15-10-26(11-16-39)38-13-8-25(9-14-38)37(2)44(3,42)43)35-21-36-30(22)34-19-23-5-4-12-40(20-23)27-7-6-24(18-33)28(32)17-27/h6-7,17,21,23,25-26H,4-5,8-16,19-20H2,1-3H3,(H,34,35,36). The van der Waals surface area contributed by atoms with E-state index in [9.17, 15) is 18.5 Å². The molecule has 0 radical (unpaired) electrons. The van der Waals surface area contributed by atoms with Crippen molar-refractivity contribution in [1.82, 2.24) is 24.1 Å². The monoisotopic (exact) mass is 642 g/mol. The van der Waals surface area contributed by atoms with Crippen molar-refractivity contribution in [2.24, 2.45) is 5.92 Å². The molecule has 3 fully saturated rings. The number of anilines is 2. The van der Waals surface area contributed by atoms with E-state index in [0.717, 1.165) is 82.5 Å². The highest BCUT2D eigenvalue weighted by Crippen LogP contribution is 2.29. The van der Waals surface area contributed by atoms with Crippen molar-refractivity contribution in [1.29, 1.82) is 5.26 Å². The molecule has 1 amide bonds. The van der Waals surface area contributed by atoms with Crippen LogP contribution in [0.4, 0.5) is 11.5 Å². The van der Waals surface area contributed by atoms with Gasteiger partial charge in [-0.05, 0) is 82.7 Å². The molecule has 1 N–H and O–H groups in total. The van der Waals surface area contributed by atoms with Gasteiger partial charge in [0.05, 0.1) is 16.8 Å². The number of amides is 1. The fraction of sp³-hybridized carbons (Fsp3) is 0.613. The van der Waals surface area contributed by atoms with Crippen LogP contribution in [-0.4, -0.2) is 110 Å². The molecule has 4 heterocycles. The zero-order valence-corrected chi connectivity index (χ0v) is 27.4. The normalized spacial score (nSPS) is 21.0. The lowest BCUT2D eigenvalue weighted by Crippen LogP contribution is -2.52. The molecule has 3 aliphatic rings. The number of hydrogen-bond acceptors (Lipinski definition) is 9. The van der Waals surface area contributed by atoms with Crippen LogP contribution in [0, 0.1) is 24.2 Å². The number of likely N-dealkylation sites (tertiary alicyclic amines) is 2. The second kappa shape index (κ2) is 14.0. The van der Waals surface area contributed by atoms with Gasteiger partial charge in [0.1, 0.15) is 23.9 Å². The third-order valence-corrected chi connectivity index (χ3v) is 11.3. The average molecular weight is 643 g/mol. The molecule has 13 heteroatoms. The number of halogens is 1. The Morgan fingerprint density at radius 1 is 1.11 bits per heavy atom. The molecule has 0 saturated carbocycles. The van der Waals surface area contributed by atoms with Crippen LogP contribution in [0.3, 0.4) is 0 Å². The van der Waals surface area contributed by atoms with E-state index in [2.05, 4.69) is 31.2 Å². The molecular weight excluding hydrogens is 600 g/mol. The first-order valence-corrected chi connectivity index (χ1v) is 17.7. The van der Waals surface area contributed by atoms with Gasteiger partial charge in [-0.15, -0.1) is 0 Å². The summed E-state index contributed by atoms with van der Waals surface area (Å²) in [6.07, 6.45) is 8.35. The van der Waals surface area contributed by atoms with Crippen molar-refractivity contribution in [3.05, 3.63) is 46.4 Å². The summed E-state index contributed by atoms with van der Waals surface area (Å²) in [5.74, 6) is 1.03. The second-order valence-electron chi connectivity index (χ2n) is 12.4. The Morgan fingerprint density at radius 3 is 2.50 bits per heavy atom. The molecule has 0 aliphatic carbocycles. The minimum absolute atomic E-state index is 0.0542. The first-order valence-electron chi connectivity index (χ1n) is 15.5. The Balaban J connectivity index is 1.12. The van der Waals surface area contributed by atoms with Crippen molar-refractivity contribution in [2.45, 2.75) is 57.5 Å². The minimum atomic E-state index is -3.18. The van der Waals surface area contributed by atoms with Crippen molar-refractivity contribution in [3.63, 3.8) is 0 Å². The van der Waals surface area contributed by atoms with Gasteiger partial charge in [-0.1, -0.05) is 11.6 Å². The van der Waals surface area contributed by atoms with Crippen LogP contribution in [-0.2, 0) is 10.0 Å². The molecular formula is C31H43ClN8O3S. The van der Waals surface area contributed by atoms with Crippen LogP contribution in [0.2, 0.25) is 5.02 Å². The number of carbonyl (C=O) groups is 1. The Hall–Kier alpha value is -2.98. The topological polar surface area (TPSA) is 126 Å². The predicted octanol–water partition coefficient (Wildman–Crippen LogP) is 3.60. The van der Waals surface area contributed by atoms with Crippen LogP contribution < -0.4 is 10.2 Å². The number of rotatable bonds is 8. The molecule has 3 saturated heterocycles. The van der Waals surface area contributed by atoms with Crippen molar-refractivity contribution in [2.75, 3.05) is 69.3 Å². The van der Waals surface area contributed by atoms with E-state index in [1.807, 2.05) is 24.0 Å². The van der Waals surface area contributed by atoms with E-state index < -0.39 is 10.0 Å². The van der Waals surface area contributed by atoms with Crippen LogP contribution in [0.5, 0.6) is 0 Å². The number of benzene rings is 1. The van der Waals surface area contributed by atoms with Gasteiger partial charge in [-0.3, -0.25) is 4.79 Å². The first-order chi connectivity index (χ1) is 21.0. The maximum Gasteiger partial charge on any atom is 0.272 e. The van der Waals surface area contributed by atoms with Gasteiger partial charge in [0.15, 0.2) is 0 Å². The number of aromatic nitrogens is 2. The largest absolute Gasteiger partial charge is 0.371 e. The molecule has 0 bridgehead atoms. The summed E-state index contributed by atoms with van der Waals surface area (Å²) in [7, 11) is -1.50. The van der Waals surface area contributed by atoms with E-state index in [0.29, 0.717) is 47.1 Å². The predicted molar refractivity (Wildman–Crippen MR) is 172 cm³/mol. The fourth-order valence-corrected chi connectivity index (χ4v) is 7.78. The molecule has 3 aliphatic heterocycles. The number of carbonyl (C=O) groups excluding carboxylic acids is 1. The fourth-order valence-electron chi connectivity index (χ4n) is 6.81. The SMILES string of the molecule is Cc1c(NCC2CCCN(c3ccc(C#N)c(Cl)c3)C2)ncnc1C(=O)N1CCC(N2CCC(N(C)S(C)(=O)=O)CC2)CC1. The highest BCUT2D eigenvalue weighted by atomic mass is 35.5. The summed E-state index contributed by atoms with van der Waals surface area (Å²) >= 11 is 6.28. The molecule has 1 aromatic heterocycles. The number of nitriles is 1. The molecule has 1 aromatic carbocycles. The highest BCUT2D eigenvalue weighted by molar-refractivity contribution is 7.88. The van der Waals surface area contributed by atoms with Crippen LogP contribution in [0.1, 0.15) is 60.1 Å². The van der Waals surface area contributed by atoms with Crippen LogP contribution in [0.25, 0.3) is 0 Å². The van der Waals surface area contributed by atoms with Crippen molar-refractivity contribution < 1.29 is 13.2 Å². The maximum absolute atomic E-state index is 13.5. The molecule has 1 unspecified atom stereocenters. The van der Waals surface area contributed by atoms with E-state index in [1.54, 1.807) is 13.1 Å². The van der Waals surface area contributed by atoms with Crippen molar-refractivity contribution >= 4 is 39.0 Å². The van der Waals surface area contributed by atoms with E-state index in [1.165, 1.54) is 16.9 Å². The molecule has 1 atom stereocenters. The lowest BCUT2D eigenvalue weighted by atomic mass is 9.97. The minimum Gasteiger partial charge on any atom is -0.371 e. The smallest absolute Gasteiger partial charge is 0.272 e. The first kappa shape index (κ1) is 32.4. The average Bonchev–Trinajstić information content (AvgIpc) is 3.03. The summed E-state index contributed by atoms with van der Waals surface area (Å²) in [6.45, 7) is 7.56. The molecule has 44 heavy (non-hydrogen) atoms. The number of nitrogens with zero attached hydrogens (tertiary/aromatic N) is 7. The van der Waals surface area contributed by atoms with E-state index >= 15 is 0 Å². The van der Waals surface area contributed by atoms with Gasteiger partial charge >= 0.3 is 0 Å². The van der Waals surface area contributed by atoms with E-state index in [4.69, 9.17) is 11.6 Å². The van der Waals surface area contributed by atoms with Crippen LogP contribution in [0.15, 0.2) is 24.5 Å². The number of nitrogens with one attached hydrogen (secondary N) is 1. The van der Waals surface area contributed by atoms with Gasteiger partial charge in [0.25, 0.3) is 5.91 Å². The maximum atomic E-state index is 13.5. The lowest BCUT2D eigenvalue weighted by Gasteiger charge is -2.43. The molecule has 5 rings (SSSR count). The summed E-state index contributed by atoms with van der Waals surface area (Å²) in [6, 6.07) is 8.18. The summed E-state index contributed by atoms with van der Waals surface area (Å²) < 4.78 is 25.4. The Bertz CT molecular complexity index is 1480. The number of hydrogen-bond donors (Lipinski definition) is 1. The molecule has 238 valence electrons. The van der Waals surface area contributed by atoms with Gasteiger partial charge in [-0.25, -0.2) is 22.7 Å². The third-order valence-electron chi connectivity index (χ3n) is 9.61. The molecule has 2 aromatic rings. The zero-order valence-electron chi connectivity index (χ0n) is 25.9. The molecule has 0 spiro atoms. The van der Waals surface area contributed by atoms with E-state index in [-0.39, 0.29) is 11.9 Å². The number of piperidine rings is 3. The molecule has 11 nitrogen and oxygen atoms in total. The number of sulfonamides is 1.